The molecule has 6 heteroatoms. The van der Waals surface area contributed by atoms with Gasteiger partial charge in [-0.15, -0.1) is 0 Å². The van der Waals surface area contributed by atoms with Crippen LogP contribution in [0.15, 0.2) is 15.5 Å². The van der Waals surface area contributed by atoms with E-state index >= 15 is 0 Å². The van der Waals surface area contributed by atoms with Gasteiger partial charge in [0.25, 0.3) is 5.56 Å². The number of rotatable bonds is 5. The zero-order valence-electron chi connectivity index (χ0n) is 12.2. The molecule has 1 saturated carbocycles. The molecule has 2 N–H and O–H groups in total. The van der Waals surface area contributed by atoms with Gasteiger partial charge in [0.1, 0.15) is 4.47 Å². The molecule has 0 aliphatic heterocycles. The minimum absolute atomic E-state index is 0.0549. The lowest BCUT2D eigenvalue weighted by Crippen LogP contribution is -2.35. The molecule has 0 aromatic carbocycles. The summed E-state index contributed by atoms with van der Waals surface area (Å²) in [6, 6.07) is 1.06. The summed E-state index contributed by atoms with van der Waals surface area (Å²) in [5.41, 5.74) is 0.760. The summed E-state index contributed by atoms with van der Waals surface area (Å²) in [6.45, 7) is 2.69. The van der Waals surface area contributed by atoms with Gasteiger partial charge in [0.2, 0.25) is 0 Å². The highest BCUT2D eigenvalue weighted by Crippen LogP contribution is 2.24. The Hall–Kier alpha value is -0.880. The fraction of sp³-hybridized carbons (Fsp3) is 0.714. The Morgan fingerprint density at radius 2 is 2.00 bits per heavy atom. The molecule has 0 unspecified atom stereocenters. The molecule has 0 bridgehead atoms. The van der Waals surface area contributed by atoms with Crippen LogP contribution in [0.1, 0.15) is 39.0 Å². The Morgan fingerprint density at radius 3 is 2.60 bits per heavy atom. The molecule has 20 heavy (non-hydrogen) atoms. The minimum atomic E-state index is -0.0549. The summed E-state index contributed by atoms with van der Waals surface area (Å²) in [5, 5.41) is 11.0. The molecule has 0 saturated heterocycles. The fourth-order valence-corrected chi connectivity index (χ4v) is 3.10. The van der Waals surface area contributed by atoms with Crippen molar-refractivity contribution in [2.45, 2.75) is 57.7 Å². The Kier molecular flexibility index (Phi) is 5.60. The van der Waals surface area contributed by atoms with Gasteiger partial charge < -0.3 is 10.6 Å². The number of anilines is 1. The van der Waals surface area contributed by atoms with Crippen molar-refractivity contribution >= 4 is 21.6 Å². The SMILES string of the molecule is CCCn1ncc(NC2CCC(NC)CC2)c(Br)c1=O. The van der Waals surface area contributed by atoms with Crippen LogP contribution in [0.25, 0.3) is 0 Å². The summed E-state index contributed by atoms with van der Waals surface area (Å²) >= 11 is 3.41. The van der Waals surface area contributed by atoms with E-state index in [4.69, 9.17) is 0 Å². The van der Waals surface area contributed by atoms with Crippen molar-refractivity contribution < 1.29 is 0 Å². The van der Waals surface area contributed by atoms with E-state index in [1.165, 1.54) is 17.5 Å². The van der Waals surface area contributed by atoms with Gasteiger partial charge >= 0.3 is 0 Å². The topological polar surface area (TPSA) is 59.0 Å². The van der Waals surface area contributed by atoms with Gasteiger partial charge in [0.15, 0.2) is 0 Å². The highest BCUT2D eigenvalue weighted by molar-refractivity contribution is 9.10. The van der Waals surface area contributed by atoms with E-state index in [0.717, 1.165) is 24.9 Å². The zero-order valence-corrected chi connectivity index (χ0v) is 13.7. The number of hydrogen-bond acceptors (Lipinski definition) is 4. The molecule has 1 heterocycles. The Balaban J connectivity index is 2.03. The maximum Gasteiger partial charge on any atom is 0.283 e. The normalized spacial score (nSPS) is 22.8. The quantitative estimate of drug-likeness (QED) is 0.862. The first-order valence-corrected chi connectivity index (χ1v) is 8.14. The molecule has 1 aliphatic carbocycles. The van der Waals surface area contributed by atoms with Crippen molar-refractivity contribution in [1.82, 2.24) is 15.1 Å². The van der Waals surface area contributed by atoms with Crippen LogP contribution in [0.4, 0.5) is 5.69 Å². The number of aromatic nitrogens is 2. The lowest BCUT2D eigenvalue weighted by Gasteiger charge is -2.29. The van der Waals surface area contributed by atoms with E-state index in [1.54, 1.807) is 6.20 Å². The van der Waals surface area contributed by atoms with Gasteiger partial charge in [-0.2, -0.15) is 5.10 Å². The lowest BCUT2D eigenvalue weighted by molar-refractivity contribution is 0.371. The van der Waals surface area contributed by atoms with Crippen LogP contribution in [-0.4, -0.2) is 28.9 Å². The van der Waals surface area contributed by atoms with Crippen LogP contribution in [-0.2, 0) is 6.54 Å². The third-order valence-corrected chi connectivity index (χ3v) is 4.68. The van der Waals surface area contributed by atoms with Gasteiger partial charge in [-0.3, -0.25) is 4.79 Å². The summed E-state index contributed by atoms with van der Waals surface area (Å²) in [5.74, 6) is 0. The molecule has 5 nitrogen and oxygen atoms in total. The number of aryl methyl sites for hydroxylation is 1. The lowest BCUT2D eigenvalue weighted by atomic mass is 9.91. The van der Waals surface area contributed by atoms with E-state index in [9.17, 15) is 4.79 Å². The second-order valence-corrected chi connectivity index (χ2v) is 6.18. The Bertz CT molecular complexity index is 494. The van der Waals surface area contributed by atoms with Gasteiger partial charge in [-0.05, 0) is 55.1 Å². The highest BCUT2D eigenvalue weighted by Gasteiger charge is 2.21. The van der Waals surface area contributed by atoms with Gasteiger partial charge in [-0.1, -0.05) is 6.92 Å². The first-order chi connectivity index (χ1) is 9.65. The molecule has 2 rings (SSSR count). The van der Waals surface area contributed by atoms with E-state index in [2.05, 4.69) is 31.7 Å². The van der Waals surface area contributed by atoms with Crippen molar-refractivity contribution in [1.29, 1.82) is 0 Å². The molecule has 0 amide bonds. The maximum atomic E-state index is 12.1. The molecular formula is C14H23BrN4O. The summed E-state index contributed by atoms with van der Waals surface area (Å²) in [6.07, 6.45) is 7.25. The molecule has 1 aliphatic rings. The van der Waals surface area contributed by atoms with Crippen molar-refractivity contribution in [3.8, 4) is 0 Å². The van der Waals surface area contributed by atoms with Crippen molar-refractivity contribution in [3.05, 3.63) is 21.0 Å². The molecule has 1 aromatic heterocycles. The number of hydrogen-bond donors (Lipinski definition) is 2. The Morgan fingerprint density at radius 1 is 1.35 bits per heavy atom. The van der Waals surface area contributed by atoms with Crippen molar-refractivity contribution in [3.63, 3.8) is 0 Å². The van der Waals surface area contributed by atoms with Gasteiger partial charge in [0, 0.05) is 18.6 Å². The van der Waals surface area contributed by atoms with E-state index < -0.39 is 0 Å². The fourth-order valence-electron chi connectivity index (χ4n) is 2.68. The average molecular weight is 343 g/mol. The zero-order chi connectivity index (χ0) is 14.5. The maximum absolute atomic E-state index is 12.1. The van der Waals surface area contributed by atoms with E-state index in [-0.39, 0.29) is 5.56 Å². The van der Waals surface area contributed by atoms with Crippen molar-refractivity contribution in [2.75, 3.05) is 12.4 Å². The Labute approximate surface area is 128 Å². The summed E-state index contributed by atoms with van der Waals surface area (Å²) in [7, 11) is 2.02. The predicted octanol–water partition coefficient (Wildman–Crippen LogP) is 2.36. The first kappa shape index (κ1) is 15.5. The van der Waals surface area contributed by atoms with Crippen LogP contribution >= 0.6 is 15.9 Å². The standard InChI is InChI=1S/C14H23BrN4O/c1-3-8-19-14(20)13(15)12(9-17-19)18-11-6-4-10(16-2)5-7-11/h9-11,16,18H,3-8H2,1-2H3. The van der Waals surface area contributed by atoms with Crippen LogP contribution in [0.2, 0.25) is 0 Å². The van der Waals surface area contributed by atoms with Crippen LogP contribution < -0.4 is 16.2 Å². The van der Waals surface area contributed by atoms with E-state index in [1.807, 2.05) is 14.0 Å². The first-order valence-electron chi connectivity index (χ1n) is 7.35. The van der Waals surface area contributed by atoms with Gasteiger partial charge in [-0.25, -0.2) is 4.68 Å². The molecular weight excluding hydrogens is 320 g/mol. The molecule has 0 radical (unpaired) electrons. The van der Waals surface area contributed by atoms with Crippen LogP contribution in [0, 0.1) is 0 Å². The molecule has 1 fully saturated rings. The molecule has 0 spiro atoms. The monoisotopic (exact) mass is 342 g/mol. The van der Waals surface area contributed by atoms with Crippen LogP contribution in [0.5, 0.6) is 0 Å². The smallest absolute Gasteiger partial charge is 0.283 e. The molecule has 112 valence electrons. The molecule has 1 aromatic rings. The predicted molar refractivity (Wildman–Crippen MR) is 85.2 cm³/mol. The third kappa shape index (κ3) is 3.61. The van der Waals surface area contributed by atoms with E-state index in [0.29, 0.717) is 23.1 Å². The second kappa shape index (κ2) is 7.22. The number of nitrogens with zero attached hydrogens (tertiary/aromatic N) is 2. The van der Waals surface area contributed by atoms with Crippen LogP contribution in [0.3, 0.4) is 0 Å². The summed E-state index contributed by atoms with van der Waals surface area (Å²) < 4.78 is 2.10. The highest BCUT2D eigenvalue weighted by atomic mass is 79.9. The summed E-state index contributed by atoms with van der Waals surface area (Å²) in [4.78, 5) is 12.1. The average Bonchev–Trinajstić information content (AvgIpc) is 2.48. The number of halogens is 1. The minimum Gasteiger partial charge on any atom is -0.380 e. The largest absolute Gasteiger partial charge is 0.380 e. The second-order valence-electron chi connectivity index (χ2n) is 5.38. The molecule has 0 atom stereocenters. The third-order valence-electron chi connectivity index (χ3n) is 3.92. The number of nitrogens with one attached hydrogen (secondary N) is 2. The van der Waals surface area contributed by atoms with Crippen molar-refractivity contribution in [2.24, 2.45) is 0 Å². The van der Waals surface area contributed by atoms with Gasteiger partial charge in [0.05, 0.1) is 11.9 Å².